The van der Waals surface area contributed by atoms with Gasteiger partial charge in [0, 0.05) is 5.54 Å². The minimum atomic E-state index is 0.286. The van der Waals surface area contributed by atoms with Gasteiger partial charge in [0.2, 0.25) is 0 Å². The molecule has 4 aliphatic rings. The predicted molar refractivity (Wildman–Crippen MR) is 80.4 cm³/mol. The molecule has 0 aromatic heterocycles. The van der Waals surface area contributed by atoms with Crippen molar-refractivity contribution in [2.45, 2.75) is 51.0 Å². The number of nitrogens with one attached hydrogen (secondary N) is 1. The predicted octanol–water partition coefficient (Wildman–Crippen LogP) is 4.25. The molecule has 1 aromatic rings. The highest BCUT2D eigenvalue weighted by Crippen LogP contribution is 2.56. The molecule has 0 radical (unpaired) electrons. The fraction of sp³-hybridized carbons (Fsp3) is 0.611. The Hall–Kier alpha value is -1.49. The fourth-order valence-corrected chi connectivity index (χ4v) is 5.41. The molecule has 0 amide bonds. The van der Waals surface area contributed by atoms with Crippen LogP contribution in [0.2, 0.25) is 0 Å². The largest absolute Gasteiger partial charge is 0.378 e. The number of hydrogen-bond acceptors (Lipinski definition) is 2. The topological polar surface area (TPSA) is 35.8 Å². The van der Waals surface area contributed by atoms with Crippen LogP contribution >= 0.6 is 0 Å². The Balaban J connectivity index is 1.66. The van der Waals surface area contributed by atoms with E-state index in [0.717, 1.165) is 29.0 Å². The third-order valence-electron chi connectivity index (χ3n) is 5.73. The number of hydrogen-bond donors (Lipinski definition) is 1. The van der Waals surface area contributed by atoms with Crippen molar-refractivity contribution in [2.24, 2.45) is 17.8 Å². The number of benzene rings is 1. The highest BCUT2D eigenvalue weighted by molar-refractivity contribution is 5.60. The van der Waals surface area contributed by atoms with Crippen molar-refractivity contribution in [2.75, 3.05) is 5.32 Å². The summed E-state index contributed by atoms with van der Waals surface area (Å²) in [5, 5.41) is 13.2. The maximum absolute atomic E-state index is 9.33. The summed E-state index contributed by atoms with van der Waals surface area (Å²) in [4.78, 5) is 0. The van der Waals surface area contributed by atoms with Gasteiger partial charge in [0.25, 0.3) is 0 Å². The summed E-state index contributed by atoms with van der Waals surface area (Å²) in [5.74, 6) is 2.80. The van der Waals surface area contributed by atoms with Crippen molar-refractivity contribution < 1.29 is 0 Å². The van der Waals surface area contributed by atoms with Crippen LogP contribution in [0.3, 0.4) is 0 Å². The molecule has 20 heavy (non-hydrogen) atoms. The number of nitrogens with zero attached hydrogens (tertiary/aromatic N) is 1. The van der Waals surface area contributed by atoms with E-state index >= 15 is 0 Å². The quantitative estimate of drug-likeness (QED) is 0.868. The van der Waals surface area contributed by atoms with E-state index < -0.39 is 0 Å². The van der Waals surface area contributed by atoms with Gasteiger partial charge in [-0.15, -0.1) is 0 Å². The van der Waals surface area contributed by atoms with Gasteiger partial charge in [-0.3, -0.25) is 0 Å². The lowest BCUT2D eigenvalue weighted by molar-refractivity contribution is 0.0107. The minimum absolute atomic E-state index is 0.286. The highest BCUT2D eigenvalue weighted by Gasteiger charge is 2.51. The third kappa shape index (κ3) is 1.92. The molecule has 2 nitrogen and oxygen atoms in total. The standard InChI is InChI=1S/C18H22N2/c1-12-2-3-16(11-19)17(4-12)20-18-8-13-5-14(9-18)7-15(6-13)10-18/h2-4,13-15,20H,5-10H2,1H3. The Morgan fingerprint density at radius 3 is 2.25 bits per heavy atom. The van der Waals surface area contributed by atoms with Gasteiger partial charge in [-0.2, -0.15) is 5.26 Å². The Morgan fingerprint density at radius 1 is 1.10 bits per heavy atom. The Kier molecular flexibility index (Phi) is 2.61. The Bertz CT molecular complexity index is 546. The van der Waals surface area contributed by atoms with Gasteiger partial charge in [-0.25, -0.2) is 0 Å². The first-order valence-corrected chi connectivity index (χ1v) is 7.95. The van der Waals surface area contributed by atoms with Crippen LogP contribution in [0.5, 0.6) is 0 Å². The summed E-state index contributed by atoms with van der Waals surface area (Å²) >= 11 is 0. The van der Waals surface area contributed by atoms with Crippen LogP contribution in [0.4, 0.5) is 5.69 Å². The zero-order valence-corrected chi connectivity index (χ0v) is 12.2. The first-order chi connectivity index (χ1) is 9.66. The second kappa shape index (κ2) is 4.25. The number of anilines is 1. The minimum Gasteiger partial charge on any atom is -0.378 e. The number of rotatable bonds is 2. The average Bonchev–Trinajstić information content (AvgIpc) is 2.36. The van der Waals surface area contributed by atoms with Crippen LogP contribution in [-0.4, -0.2) is 5.54 Å². The van der Waals surface area contributed by atoms with Gasteiger partial charge in [0.15, 0.2) is 0 Å². The molecule has 0 unspecified atom stereocenters. The summed E-state index contributed by atoms with van der Waals surface area (Å²) in [6.07, 6.45) is 8.33. The smallest absolute Gasteiger partial charge is 0.101 e. The SMILES string of the molecule is Cc1ccc(C#N)c(NC23CC4CC(CC(C4)C2)C3)c1. The van der Waals surface area contributed by atoms with E-state index in [9.17, 15) is 5.26 Å². The van der Waals surface area contributed by atoms with Gasteiger partial charge in [0.1, 0.15) is 6.07 Å². The molecule has 4 bridgehead atoms. The van der Waals surface area contributed by atoms with Crippen molar-refractivity contribution in [1.82, 2.24) is 0 Å². The van der Waals surface area contributed by atoms with E-state index in [1.54, 1.807) is 0 Å². The van der Waals surface area contributed by atoms with Crippen LogP contribution in [0, 0.1) is 36.0 Å². The van der Waals surface area contributed by atoms with Gasteiger partial charge >= 0.3 is 0 Å². The molecule has 0 heterocycles. The lowest BCUT2D eigenvalue weighted by Gasteiger charge is -2.57. The summed E-state index contributed by atoms with van der Waals surface area (Å²) in [6, 6.07) is 8.48. The van der Waals surface area contributed by atoms with Crippen molar-refractivity contribution in [3.05, 3.63) is 29.3 Å². The summed E-state index contributed by atoms with van der Waals surface area (Å²) < 4.78 is 0. The van der Waals surface area contributed by atoms with E-state index in [-0.39, 0.29) is 5.54 Å². The molecule has 0 atom stereocenters. The van der Waals surface area contributed by atoms with Crippen LogP contribution in [0.1, 0.15) is 49.7 Å². The molecular weight excluding hydrogens is 244 g/mol. The molecule has 1 aromatic carbocycles. The van der Waals surface area contributed by atoms with Crippen LogP contribution in [-0.2, 0) is 0 Å². The van der Waals surface area contributed by atoms with E-state index in [2.05, 4.69) is 24.4 Å². The zero-order valence-electron chi connectivity index (χ0n) is 12.2. The van der Waals surface area contributed by atoms with Crippen molar-refractivity contribution in [3.63, 3.8) is 0 Å². The van der Waals surface area contributed by atoms with Crippen molar-refractivity contribution in [3.8, 4) is 6.07 Å². The number of aryl methyl sites for hydroxylation is 1. The molecule has 5 rings (SSSR count). The normalized spacial score (nSPS) is 37.7. The second-order valence-electron chi connectivity index (χ2n) is 7.48. The Labute approximate surface area is 121 Å². The average molecular weight is 266 g/mol. The third-order valence-corrected chi connectivity index (χ3v) is 5.73. The summed E-state index contributed by atoms with van der Waals surface area (Å²) in [6.45, 7) is 2.10. The number of nitriles is 1. The molecule has 2 heteroatoms. The van der Waals surface area contributed by atoms with E-state index in [0.29, 0.717) is 0 Å². The lowest BCUT2D eigenvalue weighted by atomic mass is 9.53. The first-order valence-electron chi connectivity index (χ1n) is 7.95. The van der Waals surface area contributed by atoms with E-state index in [1.165, 1.54) is 44.1 Å². The zero-order chi connectivity index (χ0) is 13.7. The molecule has 4 aliphatic carbocycles. The molecule has 104 valence electrons. The van der Waals surface area contributed by atoms with Gasteiger partial charge in [-0.1, -0.05) is 6.07 Å². The van der Waals surface area contributed by atoms with Crippen LogP contribution in [0.15, 0.2) is 18.2 Å². The van der Waals surface area contributed by atoms with Crippen molar-refractivity contribution in [1.29, 1.82) is 5.26 Å². The molecule has 1 N–H and O–H groups in total. The lowest BCUT2D eigenvalue weighted by Crippen LogP contribution is -2.54. The van der Waals surface area contributed by atoms with Gasteiger partial charge in [-0.05, 0) is 80.9 Å². The van der Waals surface area contributed by atoms with Crippen LogP contribution in [0.25, 0.3) is 0 Å². The first kappa shape index (κ1) is 12.3. The van der Waals surface area contributed by atoms with Gasteiger partial charge < -0.3 is 5.32 Å². The fourth-order valence-electron chi connectivity index (χ4n) is 5.41. The molecule has 4 saturated carbocycles. The van der Waals surface area contributed by atoms with E-state index in [4.69, 9.17) is 0 Å². The Morgan fingerprint density at radius 2 is 1.70 bits per heavy atom. The van der Waals surface area contributed by atoms with Crippen molar-refractivity contribution >= 4 is 5.69 Å². The maximum Gasteiger partial charge on any atom is 0.101 e. The van der Waals surface area contributed by atoms with E-state index in [1.807, 2.05) is 12.1 Å². The molecule has 4 fully saturated rings. The monoisotopic (exact) mass is 266 g/mol. The molecule has 0 spiro atoms. The highest BCUT2D eigenvalue weighted by atomic mass is 15.0. The summed E-state index contributed by atoms with van der Waals surface area (Å²) in [7, 11) is 0. The maximum atomic E-state index is 9.33. The molecule has 0 saturated heterocycles. The molecule has 0 aliphatic heterocycles. The van der Waals surface area contributed by atoms with Crippen LogP contribution < -0.4 is 5.32 Å². The second-order valence-corrected chi connectivity index (χ2v) is 7.48. The molecular formula is C18H22N2. The van der Waals surface area contributed by atoms with Gasteiger partial charge in [0.05, 0.1) is 11.3 Å². The summed E-state index contributed by atoms with van der Waals surface area (Å²) in [5.41, 5.74) is 3.38.